The summed E-state index contributed by atoms with van der Waals surface area (Å²) in [6.07, 6.45) is 1.60. The lowest BCUT2D eigenvalue weighted by atomic mass is 10.4. The first-order valence-electron chi connectivity index (χ1n) is 4.84. The van der Waals surface area contributed by atoms with E-state index in [9.17, 15) is 0 Å². The number of hydrogen-bond acceptors (Lipinski definition) is 8. The van der Waals surface area contributed by atoms with Gasteiger partial charge in [0, 0.05) is 0 Å². The molecule has 0 aromatic carbocycles. The molecule has 2 aromatic rings. The number of methoxy groups -OCH3 is 1. The molecular weight excluding hydrogens is 224 g/mol. The van der Waals surface area contributed by atoms with Crippen LogP contribution in [0.1, 0.15) is 5.76 Å². The molecule has 2 aromatic heterocycles. The number of ether oxygens (including phenoxy) is 1. The van der Waals surface area contributed by atoms with E-state index in [1.807, 2.05) is 6.07 Å². The van der Waals surface area contributed by atoms with Crippen LogP contribution in [0.4, 0.5) is 11.9 Å². The van der Waals surface area contributed by atoms with Crippen LogP contribution in [0.5, 0.6) is 6.01 Å². The smallest absolute Gasteiger partial charge is 0.322 e. The van der Waals surface area contributed by atoms with E-state index in [4.69, 9.17) is 15.0 Å². The number of furan rings is 1. The molecule has 17 heavy (non-hydrogen) atoms. The molecule has 0 bridgehead atoms. The Hall–Kier alpha value is -2.35. The minimum Gasteiger partial charge on any atom is -0.467 e. The van der Waals surface area contributed by atoms with Gasteiger partial charge in [0.05, 0.1) is 19.9 Å². The van der Waals surface area contributed by atoms with Gasteiger partial charge >= 0.3 is 6.01 Å². The Morgan fingerprint density at radius 2 is 2.18 bits per heavy atom. The van der Waals surface area contributed by atoms with E-state index in [-0.39, 0.29) is 12.0 Å². The summed E-state index contributed by atoms with van der Waals surface area (Å²) in [6, 6.07) is 3.82. The summed E-state index contributed by atoms with van der Waals surface area (Å²) >= 11 is 0. The Balaban J connectivity index is 2.09. The van der Waals surface area contributed by atoms with E-state index >= 15 is 0 Å². The van der Waals surface area contributed by atoms with E-state index in [0.717, 1.165) is 5.76 Å². The van der Waals surface area contributed by atoms with Crippen molar-refractivity contribution in [2.24, 2.45) is 5.84 Å². The number of anilines is 2. The fourth-order valence-corrected chi connectivity index (χ4v) is 1.17. The van der Waals surface area contributed by atoms with Crippen molar-refractivity contribution in [3.8, 4) is 6.01 Å². The first kappa shape index (κ1) is 11.1. The molecule has 0 atom stereocenters. The Kier molecular flexibility index (Phi) is 3.36. The van der Waals surface area contributed by atoms with Crippen LogP contribution in [0.2, 0.25) is 0 Å². The predicted molar refractivity (Wildman–Crippen MR) is 60.2 cm³/mol. The van der Waals surface area contributed by atoms with Gasteiger partial charge in [0.15, 0.2) is 0 Å². The average Bonchev–Trinajstić information content (AvgIpc) is 2.89. The van der Waals surface area contributed by atoms with E-state index in [0.29, 0.717) is 12.5 Å². The summed E-state index contributed by atoms with van der Waals surface area (Å²) in [5.41, 5.74) is 2.33. The van der Waals surface area contributed by atoms with Gasteiger partial charge in [-0.25, -0.2) is 5.84 Å². The highest BCUT2D eigenvalue weighted by Crippen LogP contribution is 2.11. The van der Waals surface area contributed by atoms with Crippen molar-refractivity contribution < 1.29 is 9.15 Å². The van der Waals surface area contributed by atoms with E-state index in [1.54, 1.807) is 12.3 Å². The van der Waals surface area contributed by atoms with Crippen LogP contribution in [0.15, 0.2) is 22.8 Å². The zero-order valence-corrected chi connectivity index (χ0v) is 9.17. The number of nitrogens with zero attached hydrogens (tertiary/aromatic N) is 3. The van der Waals surface area contributed by atoms with Crippen molar-refractivity contribution in [2.45, 2.75) is 6.54 Å². The number of aromatic nitrogens is 3. The molecule has 0 radical (unpaired) electrons. The summed E-state index contributed by atoms with van der Waals surface area (Å²) in [6.45, 7) is 0.462. The number of hydrazine groups is 1. The molecule has 0 saturated carbocycles. The second-order valence-corrected chi connectivity index (χ2v) is 3.05. The molecule has 4 N–H and O–H groups in total. The zero-order chi connectivity index (χ0) is 12.1. The minimum absolute atomic E-state index is 0.176. The topological polar surface area (TPSA) is 111 Å². The SMILES string of the molecule is COc1nc(NN)nc(NCc2ccco2)n1. The summed E-state index contributed by atoms with van der Waals surface area (Å²) < 4.78 is 10.1. The number of rotatable bonds is 5. The molecule has 90 valence electrons. The maximum atomic E-state index is 5.23. The summed E-state index contributed by atoms with van der Waals surface area (Å²) in [5.74, 6) is 6.57. The summed E-state index contributed by atoms with van der Waals surface area (Å²) in [4.78, 5) is 11.9. The molecule has 0 saturated heterocycles. The molecule has 8 heteroatoms. The Morgan fingerprint density at radius 3 is 2.82 bits per heavy atom. The van der Waals surface area contributed by atoms with Crippen LogP contribution in [-0.2, 0) is 6.54 Å². The largest absolute Gasteiger partial charge is 0.467 e. The Morgan fingerprint density at radius 1 is 1.35 bits per heavy atom. The fourth-order valence-electron chi connectivity index (χ4n) is 1.17. The van der Waals surface area contributed by atoms with E-state index < -0.39 is 0 Å². The highest BCUT2D eigenvalue weighted by Gasteiger charge is 2.05. The monoisotopic (exact) mass is 236 g/mol. The van der Waals surface area contributed by atoms with Crippen LogP contribution < -0.4 is 21.3 Å². The molecule has 0 spiro atoms. The lowest BCUT2D eigenvalue weighted by Gasteiger charge is -2.06. The maximum Gasteiger partial charge on any atom is 0.322 e. The third-order valence-corrected chi connectivity index (χ3v) is 1.93. The van der Waals surface area contributed by atoms with Gasteiger partial charge in [-0.3, -0.25) is 5.43 Å². The molecular formula is C9H12N6O2. The van der Waals surface area contributed by atoms with E-state index in [2.05, 4.69) is 25.7 Å². The average molecular weight is 236 g/mol. The molecule has 0 aliphatic carbocycles. The van der Waals surface area contributed by atoms with Gasteiger partial charge in [0.25, 0.3) is 0 Å². The van der Waals surface area contributed by atoms with Gasteiger partial charge in [0.1, 0.15) is 5.76 Å². The van der Waals surface area contributed by atoms with Crippen molar-refractivity contribution in [3.05, 3.63) is 24.2 Å². The van der Waals surface area contributed by atoms with Crippen molar-refractivity contribution >= 4 is 11.9 Å². The lowest BCUT2D eigenvalue weighted by molar-refractivity contribution is 0.379. The maximum absolute atomic E-state index is 5.23. The molecule has 0 aliphatic rings. The highest BCUT2D eigenvalue weighted by molar-refractivity contribution is 5.35. The fraction of sp³-hybridized carbons (Fsp3) is 0.222. The zero-order valence-electron chi connectivity index (χ0n) is 9.17. The van der Waals surface area contributed by atoms with Crippen molar-refractivity contribution in [1.29, 1.82) is 0 Å². The number of nitrogen functional groups attached to an aromatic ring is 1. The summed E-state index contributed by atoms with van der Waals surface area (Å²) in [5, 5.41) is 2.96. The molecule has 0 amide bonds. The molecule has 8 nitrogen and oxygen atoms in total. The summed E-state index contributed by atoms with van der Waals surface area (Å²) in [7, 11) is 1.46. The first-order chi connectivity index (χ1) is 8.31. The lowest BCUT2D eigenvalue weighted by Crippen LogP contribution is -2.14. The molecule has 2 rings (SSSR count). The molecule has 0 fully saturated rings. The van der Waals surface area contributed by atoms with Gasteiger partial charge in [-0.05, 0) is 12.1 Å². The van der Waals surface area contributed by atoms with Crippen molar-refractivity contribution in [3.63, 3.8) is 0 Å². The minimum atomic E-state index is 0.176. The molecule has 0 aliphatic heterocycles. The normalized spacial score (nSPS) is 10.0. The molecule has 0 unspecified atom stereocenters. The van der Waals surface area contributed by atoms with Crippen LogP contribution in [0, 0.1) is 0 Å². The Labute approximate surface area is 97.2 Å². The second kappa shape index (κ2) is 5.12. The van der Waals surface area contributed by atoms with Crippen LogP contribution >= 0.6 is 0 Å². The molecule has 2 heterocycles. The van der Waals surface area contributed by atoms with Crippen molar-refractivity contribution in [1.82, 2.24) is 15.0 Å². The first-order valence-corrected chi connectivity index (χ1v) is 4.84. The van der Waals surface area contributed by atoms with Crippen LogP contribution in [0.3, 0.4) is 0 Å². The number of nitrogens with one attached hydrogen (secondary N) is 2. The standard InChI is InChI=1S/C9H12N6O2/c1-16-9-13-7(12-8(14-9)15-10)11-5-6-3-2-4-17-6/h2-4H,5,10H2,1H3,(H2,11,12,13,14,15). The van der Waals surface area contributed by atoms with Gasteiger partial charge in [0.2, 0.25) is 11.9 Å². The highest BCUT2D eigenvalue weighted by atomic mass is 16.5. The van der Waals surface area contributed by atoms with Gasteiger partial charge in [-0.15, -0.1) is 0 Å². The van der Waals surface area contributed by atoms with Crippen LogP contribution in [-0.4, -0.2) is 22.1 Å². The van der Waals surface area contributed by atoms with Gasteiger partial charge in [-0.2, -0.15) is 15.0 Å². The number of nitrogens with two attached hydrogens (primary N) is 1. The second-order valence-electron chi connectivity index (χ2n) is 3.05. The van der Waals surface area contributed by atoms with Crippen LogP contribution in [0.25, 0.3) is 0 Å². The third kappa shape index (κ3) is 2.82. The van der Waals surface area contributed by atoms with Gasteiger partial charge in [-0.1, -0.05) is 0 Å². The number of hydrogen-bond donors (Lipinski definition) is 3. The third-order valence-electron chi connectivity index (χ3n) is 1.93. The Bertz CT molecular complexity index is 450. The van der Waals surface area contributed by atoms with E-state index in [1.165, 1.54) is 7.11 Å². The predicted octanol–water partition coefficient (Wildman–Crippen LogP) is 0.371. The van der Waals surface area contributed by atoms with Gasteiger partial charge < -0.3 is 14.5 Å². The quantitative estimate of drug-likeness (QED) is 0.504. The van der Waals surface area contributed by atoms with Crippen molar-refractivity contribution in [2.75, 3.05) is 17.9 Å².